The van der Waals surface area contributed by atoms with Crippen LogP contribution in [-0.2, 0) is 6.54 Å². The SMILES string of the molecule is Cc1cscc1CNCC(C)(C)CN. The highest BCUT2D eigenvalue weighted by atomic mass is 32.1. The molecule has 1 aromatic rings. The zero-order chi connectivity index (χ0) is 10.6. The monoisotopic (exact) mass is 212 g/mol. The van der Waals surface area contributed by atoms with Gasteiger partial charge in [0, 0.05) is 13.1 Å². The van der Waals surface area contributed by atoms with Crippen molar-refractivity contribution in [3.05, 3.63) is 21.9 Å². The quantitative estimate of drug-likeness (QED) is 0.784. The molecule has 0 aliphatic heterocycles. The van der Waals surface area contributed by atoms with Crippen molar-refractivity contribution in [2.45, 2.75) is 27.3 Å². The van der Waals surface area contributed by atoms with Crippen molar-refractivity contribution in [1.82, 2.24) is 5.32 Å². The van der Waals surface area contributed by atoms with Gasteiger partial charge in [-0.25, -0.2) is 0 Å². The number of aryl methyl sites for hydroxylation is 1. The first-order valence-corrected chi connectivity index (χ1v) is 5.92. The second-order valence-corrected chi connectivity index (χ2v) is 5.30. The molecule has 0 unspecified atom stereocenters. The van der Waals surface area contributed by atoms with Crippen LogP contribution < -0.4 is 11.1 Å². The van der Waals surface area contributed by atoms with Crippen LogP contribution in [0.4, 0.5) is 0 Å². The molecule has 0 aliphatic carbocycles. The molecule has 3 N–H and O–H groups in total. The Balaban J connectivity index is 2.32. The lowest BCUT2D eigenvalue weighted by molar-refractivity contribution is 0.351. The van der Waals surface area contributed by atoms with Gasteiger partial charge in [0.05, 0.1) is 0 Å². The van der Waals surface area contributed by atoms with Crippen LogP contribution in [0.1, 0.15) is 25.0 Å². The average molecular weight is 212 g/mol. The zero-order valence-electron chi connectivity index (χ0n) is 9.26. The molecule has 1 rings (SSSR count). The van der Waals surface area contributed by atoms with Gasteiger partial charge in [-0.15, -0.1) is 0 Å². The lowest BCUT2D eigenvalue weighted by atomic mass is 9.94. The molecule has 1 aromatic heterocycles. The van der Waals surface area contributed by atoms with E-state index in [0.29, 0.717) is 0 Å². The summed E-state index contributed by atoms with van der Waals surface area (Å²) in [7, 11) is 0. The van der Waals surface area contributed by atoms with Crippen molar-refractivity contribution >= 4 is 11.3 Å². The third kappa shape index (κ3) is 3.40. The maximum Gasteiger partial charge on any atom is 0.0216 e. The van der Waals surface area contributed by atoms with E-state index >= 15 is 0 Å². The molecular weight excluding hydrogens is 192 g/mol. The van der Waals surface area contributed by atoms with E-state index in [-0.39, 0.29) is 5.41 Å². The Bertz CT molecular complexity index is 279. The van der Waals surface area contributed by atoms with E-state index in [4.69, 9.17) is 5.73 Å². The molecule has 0 spiro atoms. The van der Waals surface area contributed by atoms with Crippen LogP contribution in [0.3, 0.4) is 0 Å². The molecule has 0 aromatic carbocycles. The summed E-state index contributed by atoms with van der Waals surface area (Å²) in [6.45, 7) is 9.17. The van der Waals surface area contributed by atoms with E-state index in [1.165, 1.54) is 11.1 Å². The lowest BCUT2D eigenvalue weighted by Crippen LogP contribution is -2.35. The average Bonchev–Trinajstić information content (AvgIpc) is 2.52. The Labute approximate surface area is 90.5 Å². The van der Waals surface area contributed by atoms with Gasteiger partial charge in [0.25, 0.3) is 0 Å². The van der Waals surface area contributed by atoms with Gasteiger partial charge in [0.15, 0.2) is 0 Å². The minimum absolute atomic E-state index is 0.198. The Morgan fingerprint density at radius 3 is 2.64 bits per heavy atom. The maximum absolute atomic E-state index is 5.66. The Kier molecular flexibility index (Phi) is 4.11. The van der Waals surface area contributed by atoms with Crippen LogP contribution in [0, 0.1) is 12.3 Å². The Hall–Kier alpha value is -0.380. The standard InChI is InChI=1S/C11H20N2S/c1-9-5-14-6-10(9)4-13-8-11(2,3)7-12/h5-6,13H,4,7-8,12H2,1-3H3. The zero-order valence-corrected chi connectivity index (χ0v) is 10.1. The highest BCUT2D eigenvalue weighted by molar-refractivity contribution is 7.08. The predicted molar refractivity (Wildman–Crippen MR) is 63.6 cm³/mol. The first-order chi connectivity index (χ1) is 6.55. The molecule has 0 atom stereocenters. The first-order valence-electron chi connectivity index (χ1n) is 4.97. The molecule has 1 heterocycles. The summed E-state index contributed by atoms with van der Waals surface area (Å²) < 4.78 is 0. The molecule has 0 saturated heterocycles. The van der Waals surface area contributed by atoms with Crippen molar-refractivity contribution in [1.29, 1.82) is 0 Å². The van der Waals surface area contributed by atoms with E-state index in [1.54, 1.807) is 11.3 Å². The van der Waals surface area contributed by atoms with E-state index in [2.05, 4.69) is 36.8 Å². The van der Waals surface area contributed by atoms with Gasteiger partial charge in [-0.3, -0.25) is 0 Å². The van der Waals surface area contributed by atoms with E-state index in [0.717, 1.165) is 19.6 Å². The van der Waals surface area contributed by atoms with Gasteiger partial charge < -0.3 is 11.1 Å². The number of nitrogens with one attached hydrogen (secondary N) is 1. The molecule has 0 amide bonds. The van der Waals surface area contributed by atoms with Crippen LogP contribution in [-0.4, -0.2) is 13.1 Å². The van der Waals surface area contributed by atoms with Gasteiger partial charge in [0.2, 0.25) is 0 Å². The van der Waals surface area contributed by atoms with Crippen molar-refractivity contribution in [3.63, 3.8) is 0 Å². The maximum atomic E-state index is 5.66. The predicted octanol–water partition coefficient (Wildman–Crippen LogP) is 2.13. The molecule has 3 heteroatoms. The number of hydrogen-bond acceptors (Lipinski definition) is 3. The van der Waals surface area contributed by atoms with Gasteiger partial charge in [-0.1, -0.05) is 13.8 Å². The van der Waals surface area contributed by atoms with Crippen molar-refractivity contribution in [2.24, 2.45) is 11.1 Å². The fraction of sp³-hybridized carbons (Fsp3) is 0.636. The fourth-order valence-electron chi connectivity index (χ4n) is 1.18. The molecule has 2 nitrogen and oxygen atoms in total. The van der Waals surface area contributed by atoms with Gasteiger partial charge >= 0.3 is 0 Å². The summed E-state index contributed by atoms with van der Waals surface area (Å²) in [6, 6.07) is 0. The van der Waals surface area contributed by atoms with E-state index in [1.807, 2.05) is 0 Å². The highest BCUT2D eigenvalue weighted by Crippen LogP contribution is 2.14. The minimum Gasteiger partial charge on any atom is -0.330 e. The summed E-state index contributed by atoms with van der Waals surface area (Å²) in [5, 5.41) is 7.84. The van der Waals surface area contributed by atoms with Crippen LogP contribution in [0.5, 0.6) is 0 Å². The number of rotatable bonds is 5. The molecule has 0 aliphatic rings. The number of hydrogen-bond donors (Lipinski definition) is 2. The van der Waals surface area contributed by atoms with Crippen LogP contribution in [0.25, 0.3) is 0 Å². The fourth-order valence-corrected chi connectivity index (χ4v) is 2.03. The largest absolute Gasteiger partial charge is 0.330 e. The van der Waals surface area contributed by atoms with Gasteiger partial charge in [0.1, 0.15) is 0 Å². The molecule has 0 radical (unpaired) electrons. The second-order valence-electron chi connectivity index (χ2n) is 4.55. The molecule has 0 fully saturated rings. The normalized spacial score (nSPS) is 12.0. The third-order valence-electron chi connectivity index (χ3n) is 2.43. The van der Waals surface area contributed by atoms with Crippen LogP contribution in [0.15, 0.2) is 10.8 Å². The highest BCUT2D eigenvalue weighted by Gasteiger charge is 2.14. The summed E-state index contributed by atoms with van der Waals surface area (Å²) in [5.74, 6) is 0. The topological polar surface area (TPSA) is 38.0 Å². The summed E-state index contributed by atoms with van der Waals surface area (Å²) in [6.07, 6.45) is 0. The lowest BCUT2D eigenvalue weighted by Gasteiger charge is -2.22. The van der Waals surface area contributed by atoms with Gasteiger partial charge in [-0.2, -0.15) is 11.3 Å². The molecule has 0 bridgehead atoms. The van der Waals surface area contributed by atoms with Crippen LogP contribution in [0.2, 0.25) is 0 Å². The molecular formula is C11H20N2S. The van der Waals surface area contributed by atoms with E-state index in [9.17, 15) is 0 Å². The first kappa shape index (κ1) is 11.7. The summed E-state index contributed by atoms with van der Waals surface area (Å²) in [5.41, 5.74) is 8.64. The molecule has 0 saturated carbocycles. The third-order valence-corrected chi connectivity index (χ3v) is 3.34. The number of thiophene rings is 1. The summed E-state index contributed by atoms with van der Waals surface area (Å²) >= 11 is 1.77. The Morgan fingerprint density at radius 2 is 2.14 bits per heavy atom. The van der Waals surface area contributed by atoms with Crippen molar-refractivity contribution < 1.29 is 0 Å². The summed E-state index contributed by atoms with van der Waals surface area (Å²) in [4.78, 5) is 0. The number of nitrogens with two attached hydrogens (primary N) is 1. The van der Waals surface area contributed by atoms with Crippen molar-refractivity contribution in [2.75, 3.05) is 13.1 Å². The van der Waals surface area contributed by atoms with Gasteiger partial charge in [-0.05, 0) is 40.8 Å². The van der Waals surface area contributed by atoms with Crippen LogP contribution >= 0.6 is 11.3 Å². The molecule has 80 valence electrons. The Morgan fingerprint density at radius 1 is 1.43 bits per heavy atom. The minimum atomic E-state index is 0.198. The smallest absolute Gasteiger partial charge is 0.0216 e. The van der Waals surface area contributed by atoms with E-state index < -0.39 is 0 Å². The van der Waals surface area contributed by atoms with Crippen molar-refractivity contribution in [3.8, 4) is 0 Å². The molecule has 14 heavy (non-hydrogen) atoms. The second kappa shape index (κ2) is 4.91.